The Bertz CT molecular complexity index is 650. The lowest BCUT2D eigenvalue weighted by molar-refractivity contribution is 0.236. The maximum absolute atomic E-state index is 13.0. The molecule has 0 amide bonds. The van der Waals surface area contributed by atoms with E-state index in [2.05, 4.69) is 23.6 Å². The first-order chi connectivity index (χ1) is 11.0. The number of benzene rings is 2. The van der Waals surface area contributed by atoms with E-state index in [1.807, 2.05) is 24.3 Å². The molecular formula is C19H21BrF2N2. The second-order valence-corrected chi connectivity index (χ2v) is 5.96. The van der Waals surface area contributed by atoms with E-state index in [1.165, 1.54) is 35.7 Å². The molecule has 2 nitrogen and oxygen atoms in total. The number of allylic oxidation sites excluding steroid dienone is 2. The Morgan fingerprint density at radius 3 is 1.38 bits per heavy atom. The van der Waals surface area contributed by atoms with Crippen LogP contribution in [0.2, 0.25) is 0 Å². The quantitative estimate of drug-likeness (QED) is 0.713. The summed E-state index contributed by atoms with van der Waals surface area (Å²) in [6.45, 7) is 6.49. The Labute approximate surface area is 152 Å². The zero-order valence-corrected chi connectivity index (χ0v) is 15.5. The topological polar surface area (TPSA) is 6.48 Å². The van der Waals surface area contributed by atoms with Gasteiger partial charge < -0.3 is 9.80 Å². The molecule has 128 valence electrons. The highest BCUT2D eigenvalue weighted by atomic mass is 79.9. The molecule has 2 aromatic carbocycles. The Hall–Kier alpha value is -1.88. The van der Waals surface area contributed by atoms with Crippen molar-refractivity contribution in [2.24, 2.45) is 0 Å². The maximum atomic E-state index is 13.0. The van der Waals surface area contributed by atoms with Crippen LogP contribution in [0.15, 0.2) is 59.9 Å². The highest BCUT2D eigenvalue weighted by Gasteiger charge is 2.23. The summed E-state index contributed by atoms with van der Waals surface area (Å²) in [5.74, 6) is -0.423. The normalized spacial score (nSPS) is 14.2. The van der Waals surface area contributed by atoms with Gasteiger partial charge in [0.25, 0.3) is 0 Å². The van der Waals surface area contributed by atoms with Gasteiger partial charge in [-0.05, 0) is 49.2 Å². The van der Waals surface area contributed by atoms with Gasteiger partial charge >= 0.3 is 0 Å². The second-order valence-electron chi connectivity index (χ2n) is 5.96. The smallest absolute Gasteiger partial charge is 0.123 e. The van der Waals surface area contributed by atoms with Crippen molar-refractivity contribution in [1.82, 2.24) is 9.80 Å². The van der Waals surface area contributed by atoms with Crippen LogP contribution in [0.25, 0.3) is 0 Å². The third-order valence-corrected chi connectivity index (χ3v) is 4.39. The van der Waals surface area contributed by atoms with Gasteiger partial charge in [0.15, 0.2) is 0 Å². The lowest BCUT2D eigenvalue weighted by Gasteiger charge is -2.24. The molecule has 0 saturated carbocycles. The molecule has 0 spiro atoms. The van der Waals surface area contributed by atoms with E-state index < -0.39 is 0 Å². The van der Waals surface area contributed by atoms with E-state index in [-0.39, 0.29) is 28.6 Å². The summed E-state index contributed by atoms with van der Waals surface area (Å²) in [5, 5.41) is 0. The van der Waals surface area contributed by atoms with Crippen LogP contribution in [0.3, 0.4) is 0 Å². The largest absolute Gasteiger partial charge is 0.352 e. The van der Waals surface area contributed by atoms with Gasteiger partial charge in [-0.1, -0.05) is 24.3 Å². The van der Waals surface area contributed by atoms with Gasteiger partial charge in [-0.2, -0.15) is 0 Å². The average Bonchev–Trinajstić information content (AvgIpc) is 2.80. The summed E-state index contributed by atoms with van der Waals surface area (Å²) in [4.78, 5) is 4.54. The van der Waals surface area contributed by atoms with Crippen molar-refractivity contribution < 1.29 is 8.78 Å². The van der Waals surface area contributed by atoms with Crippen LogP contribution in [0.5, 0.6) is 0 Å². The Balaban J connectivity index is 0.00000208. The van der Waals surface area contributed by atoms with Crippen molar-refractivity contribution in [2.75, 3.05) is 6.67 Å². The van der Waals surface area contributed by atoms with E-state index in [0.717, 1.165) is 30.9 Å². The van der Waals surface area contributed by atoms with Gasteiger partial charge in [0, 0.05) is 24.5 Å². The fourth-order valence-corrected chi connectivity index (χ4v) is 2.83. The average molecular weight is 395 g/mol. The Morgan fingerprint density at radius 1 is 0.708 bits per heavy atom. The lowest BCUT2D eigenvalue weighted by atomic mass is 10.2. The number of hydrogen-bond acceptors (Lipinski definition) is 2. The molecule has 1 heterocycles. The SMILES string of the molecule is Br.CC1=C(C)N(Cc2ccc(F)cc2)CN1Cc1ccc(F)cc1. The zero-order valence-electron chi connectivity index (χ0n) is 13.8. The van der Waals surface area contributed by atoms with Gasteiger partial charge in [-0.25, -0.2) is 8.78 Å². The number of nitrogens with zero attached hydrogens (tertiary/aromatic N) is 2. The molecule has 1 aliphatic rings. The number of hydrogen-bond donors (Lipinski definition) is 0. The van der Waals surface area contributed by atoms with Crippen molar-refractivity contribution in [1.29, 1.82) is 0 Å². The van der Waals surface area contributed by atoms with Crippen molar-refractivity contribution in [3.63, 3.8) is 0 Å². The summed E-state index contributed by atoms with van der Waals surface area (Å²) < 4.78 is 26.0. The van der Waals surface area contributed by atoms with Gasteiger partial charge in [0.2, 0.25) is 0 Å². The molecule has 0 fully saturated rings. The van der Waals surface area contributed by atoms with Crippen molar-refractivity contribution in [2.45, 2.75) is 26.9 Å². The van der Waals surface area contributed by atoms with Crippen molar-refractivity contribution >= 4 is 17.0 Å². The zero-order chi connectivity index (χ0) is 16.4. The van der Waals surface area contributed by atoms with Crippen LogP contribution in [0.4, 0.5) is 8.78 Å². The minimum Gasteiger partial charge on any atom is -0.352 e. The highest BCUT2D eigenvalue weighted by Crippen LogP contribution is 2.26. The molecule has 0 aromatic heterocycles. The lowest BCUT2D eigenvalue weighted by Crippen LogP contribution is -2.26. The monoisotopic (exact) mass is 394 g/mol. The number of halogens is 3. The predicted molar refractivity (Wildman–Crippen MR) is 97.4 cm³/mol. The molecule has 0 N–H and O–H groups in total. The van der Waals surface area contributed by atoms with E-state index >= 15 is 0 Å². The summed E-state index contributed by atoms with van der Waals surface area (Å²) in [6, 6.07) is 13.3. The van der Waals surface area contributed by atoms with E-state index in [0.29, 0.717) is 0 Å². The Kier molecular flexibility index (Phi) is 5.99. The third kappa shape index (κ3) is 4.15. The fourth-order valence-electron chi connectivity index (χ4n) is 2.83. The third-order valence-electron chi connectivity index (χ3n) is 4.39. The number of rotatable bonds is 4. The summed E-state index contributed by atoms with van der Waals surface area (Å²) in [6.07, 6.45) is 0. The first-order valence-corrected chi connectivity index (χ1v) is 7.69. The highest BCUT2D eigenvalue weighted by molar-refractivity contribution is 8.93. The Morgan fingerprint density at radius 2 is 1.04 bits per heavy atom. The molecule has 5 heteroatoms. The summed E-state index contributed by atoms with van der Waals surface area (Å²) in [7, 11) is 0. The van der Waals surface area contributed by atoms with Crippen LogP contribution in [0.1, 0.15) is 25.0 Å². The molecule has 0 atom stereocenters. The van der Waals surface area contributed by atoms with E-state index in [4.69, 9.17) is 0 Å². The van der Waals surface area contributed by atoms with Crippen LogP contribution in [-0.2, 0) is 13.1 Å². The van der Waals surface area contributed by atoms with Crippen molar-refractivity contribution in [3.8, 4) is 0 Å². The van der Waals surface area contributed by atoms with Crippen molar-refractivity contribution in [3.05, 3.63) is 82.7 Å². The van der Waals surface area contributed by atoms with E-state index in [9.17, 15) is 8.78 Å². The standard InChI is InChI=1S/C19H20F2N2.BrH/c1-14-15(2)23(12-17-5-9-19(21)10-6-17)13-22(14)11-16-3-7-18(20)8-4-16;/h3-10H,11-13H2,1-2H3;1H. The minimum absolute atomic E-state index is 0. The molecular weight excluding hydrogens is 374 g/mol. The van der Waals surface area contributed by atoms with Crippen LogP contribution >= 0.6 is 17.0 Å². The van der Waals surface area contributed by atoms with Gasteiger partial charge in [0.05, 0.1) is 6.67 Å². The van der Waals surface area contributed by atoms with Gasteiger partial charge in [-0.15, -0.1) is 17.0 Å². The fraction of sp³-hybridized carbons (Fsp3) is 0.263. The first kappa shape index (κ1) is 18.5. The second kappa shape index (κ2) is 7.79. The van der Waals surface area contributed by atoms with Crippen LogP contribution < -0.4 is 0 Å². The maximum Gasteiger partial charge on any atom is 0.123 e. The molecule has 0 saturated heterocycles. The molecule has 0 aliphatic carbocycles. The molecule has 0 bridgehead atoms. The minimum atomic E-state index is -0.212. The van der Waals surface area contributed by atoms with Crippen LogP contribution in [0, 0.1) is 11.6 Å². The van der Waals surface area contributed by atoms with Gasteiger partial charge in [-0.3, -0.25) is 0 Å². The summed E-state index contributed by atoms with van der Waals surface area (Å²) >= 11 is 0. The van der Waals surface area contributed by atoms with E-state index in [1.54, 1.807) is 0 Å². The molecule has 0 unspecified atom stereocenters. The van der Waals surface area contributed by atoms with Crippen LogP contribution in [-0.4, -0.2) is 16.5 Å². The molecule has 3 rings (SSSR count). The molecule has 1 aliphatic heterocycles. The van der Waals surface area contributed by atoms with Gasteiger partial charge in [0.1, 0.15) is 11.6 Å². The predicted octanol–water partition coefficient (Wildman–Crippen LogP) is 5.07. The molecule has 0 radical (unpaired) electrons. The first-order valence-electron chi connectivity index (χ1n) is 7.69. The molecule has 24 heavy (non-hydrogen) atoms. The molecule has 2 aromatic rings. The summed E-state index contributed by atoms with van der Waals surface area (Å²) in [5.41, 5.74) is 4.61.